The molecule has 0 unspecified atom stereocenters. The lowest BCUT2D eigenvalue weighted by Gasteiger charge is -2.15. The van der Waals surface area contributed by atoms with Gasteiger partial charge < -0.3 is 14.6 Å². The summed E-state index contributed by atoms with van der Waals surface area (Å²) in [4.78, 5) is 12.3. The normalized spacial score (nSPS) is 11.9. The minimum absolute atomic E-state index is 0.0913. The number of hydrogen-bond donors (Lipinski definition) is 1. The molecule has 8 heteroatoms. The summed E-state index contributed by atoms with van der Waals surface area (Å²) in [5.74, 6) is 1.66. The van der Waals surface area contributed by atoms with Gasteiger partial charge >= 0.3 is 0 Å². The lowest BCUT2D eigenvalue weighted by Crippen LogP contribution is -2.28. The van der Waals surface area contributed by atoms with E-state index in [0.717, 1.165) is 22.7 Å². The predicted octanol–water partition coefficient (Wildman–Crippen LogP) is 4.11. The number of aromatic nitrogens is 3. The molecule has 6 nitrogen and oxygen atoms in total. The number of ether oxygens (including phenoxy) is 1. The standard InChI is InChI=1S/C20H21ClN4O2S/c1-13(16-6-4-5-7-17(16)21)22-18(26)12-28-20-24-23-19(25(20)2)14-8-10-15(27-3)11-9-14/h4-11,13H,12H2,1-3H3,(H,22,26)/t13-/m0/s1. The molecule has 1 amide bonds. The van der Waals surface area contributed by atoms with Crippen molar-refractivity contribution in [2.45, 2.75) is 18.1 Å². The lowest BCUT2D eigenvalue weighted by molar-refractivity contribution is -0.119. The third-order valence-electron chi connectivity index (χ3n) is 4.26. The molecule has 0 spiro atoms. The third-order valence-corrected chi connectivity index (χ3v) is 5.63. The van der Waals surface area contributed by atoms with Crippen LogP contribution in [0.1, 0.15) is 18.5 Å². The van der Waals surface area contributed by atoms with Crippen LogP contribution in [0.15, 0.2) is 53.7 Å². The zero-order valence-corrected chi connectivity index (χ0v) is 17.4. The molecule has 1 atom stereocenters. The Morgan fingerprint density at radius 3 is 2.61 bits per heavy atom. The maximum Gasteiger partial charge on any atom is 0.230 e. The Balaban J connectivity index is 1.61. The molecule has 2 aromatic carbocycles. The Morgan fingerprint density at radius 1 is 1.21 bits per heavy atom. The van der Waals surface area contributed by atoms with Gasteiger partial charge in [-0.05, 0) is 42.8 Å². The number of benzene rings is 2. The van der Waals surface area contributed by atoms with Crippen molar-refractivity contribution >= 4 is 29.3 Å². The van der Waals surface area contributed by atoms with E-state index >= 15 is 0 Å². The van der Waals surface area contributed by atoms with Crippen molar-refractivity contribution in [1.29, 1.82) is 0 Å². The molecule has 1 N–H and O–H groups in total. The summed E-state index contributed by atoms with van der Waals surface area (Å²) in [6.45, 7) is 1.91. The number of thioether (sulfide) groups is 1. The summed E-state index contributed by atoms with van der Waals surface area (Å²) >= 11 is 7.53. The molecule has 1 aromatic heterocycles. The van der Waals surface area contributed by atoms with E-state index in [0.29, 0.717) is 10.2 Å². The highest BCUT2D eigenvalue weighted by Gasteiger charge is 2.15. The molecule has 1 heterocycles. The van der Waals surface area contributed by atoms with Crippen molar-refractivity contribution in [2.75, 3.05) is 12.9 Å². The van der Waals surface area contributed by atoms with E-state index in [2.05, 4.69) is 15.5 Å². The van der Waals surface area contributed by atoms with Crippen molar-refractivity contribution < 1.29 is 9.53 Å². The monoisotopic (exact) mass is 416 g/mol. The fourth-order valence-corrected chi connectivity index (χ4v) is 3.77. The van der Waals surface area contributed by atoms with E-state index < -0.39 is 0 Å². The van der Waals surface area contributed by atoms with E-state index in [4.69, 9.17) is 16.3 Å². The first-order valence-corrected chi connectivity index (χ1v) is 10.1. The van der Waals surface area contributed by atoms with E-state index in [1.807, 2.05) is 67.1 Å². The second-order valence-electron chi connectivity index (χ2n) is 6.19. The van der Waals surface area contributed by atoms with Crippen molar-refractivity contribution in [3.8, 4) is 17.1 Å². The highest BCUT2D eigenvalue weighted by molar-refractivity contribution is 7.99. The first-order chi connectivity index (χ1) is 13.5. The van der Waals surface area contributed by atoms with E-state index in [9.17, 15) is 4.79 Å². The van der Waals surface area contributed by atoms with Crippen molar-refractivity contribution in [2.24, 2.45) is 7.05 Å². The average Bonchev–Trinajstić information content (AvgIpc) is 3.07. The van der Waals surface area contributed by atoms with Gasteiger partial charge in [-0.2, -0.15) is 0 Å². The number of carbonyl (C=O) groups is 1. The largest absolute Gasteiger partial charge is 0.497 e. The minimum Gasteiger partial charge on any atom is -0.497 e. The second kappa shape index (κ2) is 9.12. The Bertz CT molecular complexity index is 959. The first-order valence-electron chi connectivity index (χ1n) is 8.70. The Labute approximate surface area is 173 Å². The van der Waals surface area contributed by atoms with Crippen LogP contribution in [0.2, 0.25) is 5.02 Å². The topological polar surface area (TPSA) is 69.0 Å². The van der Waals surface area contributed by atoms with Crippen molar-refractivity contribution in [3.63, 3.8) is 0 Å². The molecule has 0 radical (unpaired) electrons. The van der Waals surface area contributed by atoms with Gasteiger partial charge in [0.2, 0.25) is 5.91 Å². The van der Waals surface area contributed by atoms with Gasteiger partial charge in [0.05, 0.1) is 18.9 Å². The first kappa shape index (κ1) is 20.2. The number of methoxy groups -OCH3 is 1. The van der Waals surface area contributed by atoms with Crippen LogP contribution in [-0.4, -0.2) is 33.5 Å². The van der Waals surface area contributed by atoms with Crippen molar-refractivity contribution in [1.82, 2.24) is 20.1 Å². The van der Waals surface area contributed by atoms with Gasteiger partial charge in [-0.3, -0.25) is 4.79 Å². The van der Waals surface area contributed by atoms with Crippen molar-refractivity contribution in [3.05, 3.63) is 59.1 Å². The molecule has 0 fully saturated rings. The van der Waals surface area contributed by atoms with Crippen LogP contribution in [0.5, 0.6) is 5.75 Å². The number of rotatable bonds is 7. The molecular formula is C20H21ClN4O2S. The Morgan fingerprint density at radius 2 is 1.93 bits per heavy atom. The van der Waals surface area contributed by atoms with E-state index in [-0.39, 0.29) is 17.7 Å². The van der Waals surface area contributed by atoms with Crippen LogP contribution in [0.25, 0.3) is 11.4 Å². The smallest absolute Gasteiger partial charge is 0.230 e. The molecule has 28 heavy (non-hydrogen) atoms. The number of carbonyl (C=O) groups excluding carboxylic acids is 1. The summed E-state index contributed by atoms with van der Waals surface area (Å²) in [5, 5.41) is 12.7. The second-order valence-corrected chi connectivity index (χ2v) is 7.54. The van der Waals surface area contributed by atoms with Gasteiger partial charge in [0, 0.05) is 17.6 Å². The van der Waals surface area contributed by atoms with Crippen LogP contribution in [-0.2, 0) is 11.8 Å². The van der Waals surface area contributed by atoms with Crippen LogP contribution >= 0.6 is 23.4 Å². The van der Waals surface area contributed by atoms with Gasteiger partial charge in [0.15, 0.2) is 11.0 Å². The number of hydrogen-bond acceptors (Lipinski definition) is 5. The lowest BCUT2D eigenvalue weighted by atomic mass is 10.1. The molecule has 146 valence electrons. The highest BCUT2D eigenvalue weighted by atomic mass is 35.5. The SMILES string of the molecule is COc1ccc(-c2nnc(SCC(=O)N[C@@H](C)c3ccccc3Cl)n2C)cc1. The molecule has 0 bridgehead atoms. The van der Waals surface area contributed by atoms with Gasteiger partial charge in [-0.15, -0.1) is 10.2 Å². The minimum atomic E-state index is -0.170. The fraction of sp³-hybridized carbons (Fsp3) is 0.250. The van der Waals surface area contributed by atoms with Crippen LogP contribution < -0.4 is 10.1 Å². The van der Waals surface area contributed by atoms with E-state index in [1.165, 1.54) is 11.8 Å². The zero-order valence-electron chi connectivity index (χ0n) is 15.8. The summed E-state index contributed by atoms with van der Waals surface area (Å²) in [6.07, 6.45) is 0. The third kappa shape index (κ3) is 4.66. The molecule has 0 aliphatic rings. The van der Waals surface area contributed by atoms with E-state index in [1.54, 1.807) is 7.11 Å². The Hall–Kier alpha value is -2.51. The van der Waals surface area contributed by atoms with Gasteiger partial charge in [-0.25, -0.2) is 0 Å². The predicted molar refractivity (Wildman–Crippen MR) is 112 cm³/mol. The number of halogens is 1. The summed E-state index contributed by atoms with van der Waals surface area (Å²) in [6, 6.07) is 14.9. The van der Waals surface area contributed by atoms with Crippen LogP contribution in [0.4, 0.5) is 0 Å². The van der Waals surface area contributed by atoms with Gasteiger partial charge in [0.1, 0.15) is 5.75 Å². The molecule has 0 aliphatic carbocycles. The molecule has 0 saturated carbocycles. The average molecular weight is 417 g/mol. The highest BCUT2D eigenvalue weighted by Crippen LogP contribution is 2.25. The summed E-state index contributed by atoms with van der Waals surface area (Å²) in [5.41, 5.74) is 1.82. The van der Waals surface area contributed by atoms with Crippen LogP contribution in [0.3, 0.4) is 0 Å². The van der Waals surface area contributed by atoms with Crippen LogP contribution in [0, 0.1) is 0 Å². The van der Waals surface area contributed by atoms with Gasteiger partial charge in [0.25, 0.3) is 0 Å². The quantitative estimate of drug-likeness (QED) is 0.587. The molecule has 3 aromatic rings. The fourth-order valence-electron chi connectivity index (χ4n) is 2.75. The molecular weight excluding hydrogens is 396 g/mol. The maximum atomic E-state index is 12.3. The number of amides is 1. The zero-order chi connectivity index (χ0) is 20.1. The maximum absolute atomic E-state index is 12.3. The molecule has 3 rings (SSSR count). The molecule has 0 aliphatic heterocycles. The Kier molecular flexibility index (Phi) is 6.59. The number of nitrogens with zero attached hydrogens (tertiary/aromatic N) is 3. The number of nitrogens with one attached hydrogen (secondary N) is 1. The summed E-state index contributed by atoms with van der Waals surface area (Å²) < 4.78 is 7.05. The molecule has 0 saturated heterocycles. The van der Waals surface area contributed by atoms with Gasteiger partial charge in [-0.1, -0.05) is 41.6 Å². The summed E-state index contributed by atoms with van der Waals surface area (Å²) in [7, 11) is 3.51.